The maximum absolute atomic E-state index is 13.0. The second kappa shape index (κ2) is 13.0. The molecular weight excluding hydrogens is 554 g/mol. The number of amides is 1. The average Bonchev–Trinajstić information content (AvgIpc) is 3.58. The van der Waals surface area contributed by atoms with Gasteiger partial charge in [0.1, 0.15) is 0 Å². The van der Waals surface area contributed by atoms with Crippen molar-refractivity contribution in [1.82, 2.24) is 15.3 Å². The van der Waals surface area contributed by atoms with E-state index in [0.29, 0.717) is 80.2 Å². The van der Waals surface area contributed by atoms with Crippen molar-refractivity contribution in [2.24, 2.45) is 0 Å². The molecule has 0 saturated carbocycles. The lowest BCUT2D eigenvalue weighted by Crippen LogP contribution is -2.31. The Balaban J connectivity index is 1.69. The Morgan fingerprint density at radius 1 is 0.744 bits per heavy atom. The molecule has 0 bridgehead atoms. The first-order chi connectivity index (χ1) is 20.9. The van der Waals surface area contributed by atoms with Crippen LogP contribution in [0, 0.1) is 0 Å². The van der Waals surface area contributed by atoms with Crippen LogP contribution in [0.3, 0.4) is 0 Å². The van der Waals surface area contributed by atoms with Gasteiger partial charge in [0.2, 0.25) is 11.5 Å². The summed E-state index contributed by atoms with van der Waals surface area (Å²) in [5.74, 6) is 2.54. The Morgan fingerprint density at radius 2 is 1.26 bits per heavy atom. The molecule has 1 atom stereocenters. The number of nitrogens with one attached hydrogen (secondary N) is 1. The Labute approximate surface area is 250 Å². The Morgan fingerprint density at radius 3 is 1.70 bits per heavy atom. The third-order valence-electron chi connectivity index (χ3n) is 7.32. The zero-order valence-corrected chi connectivity index (χ0v) is 25.1. The monoisotopic (exact) mass is 589 g/mol. The summed E-state index contributed by atoms with van der Waals surface area (Å²) >= 11 is 0. The number of benzene rings is 3. The second-order valence-electron chi connectivity index (χ2n) is 9.80. The zero-order valence-electron chi connectivity index (χ0n) is 25.1. The van der Waals surface area contributed by atoms with Gasteiger partial charge in [0.25, 0.3) is 5.91 Å². The minimum absolute atomic E-state index is 0.0388. The Hall–Kier alpha value is -4.77. The highest BCUT2D eigenvalue weighted by Gasteiger charge is 2.23. The van der Waals surface area contributed by atoms with E-state index in [0.717, 1.165) is 19.4 Å². The molecule has 5 rings (SSSR count). The number of hydrogen-bond acceptors (Lipinski definition) is 10. The molecule has 1 aliphatic rings. The van der Waals surface area contributed by atoms with Crippen molar-refractivity contribution in [2.75, 3.05) is 55.8 Å². The lowest BCUT2D eigenvalue weighted by atomic mass is 10.0. The molecule has 1 saturated heterocycles. The summed E-state index contributed by atoms with van der Waals surface area (Å²) in [6, 6.07) is 12.5. The predicted octanol–water partition coefficient (Wildman–Crippen LogP) is 4.92. The summed E-state index contributed by atoms with van der Waals surface area (Å²) in [6.45, 7) is 1.18. The van der Waals surface area contributed by atoms with Crippen LogP contribution in [-0.4, -0.2) is 77.8 Å². The maximum Gasteiger partial charge on any atom is 0.251 e. The van der Waals surface area contributed by atoms with Gasteiger partial charge in [-0.25, -0.2) is 9.97 Å². The molecule has 0 spiro atoms. The van der Waals surface area contributed by atoms with Gasteiger partial charge in [-0.2, -0.15) is 0 Å². The van der Waals surface area contributed by atoms with Crippen molar-refractivity contribution in [3.8, 4) is 57.0 Å². The molecule has 226 valence electrons. The van der Waals surface area contributed by atoms with E-state index in [2.05, 4.69) is 5.32 Å². The normalized spacial score (nSPS) is 14.3. The largest absolute Gasteiger partial charge is 0.493 e. The minimum atomic E-state index is -0.206. The molecule has 43 heavy (non-hydrogen) atoms. The topological polar surface area (TPSA) is 119 Å². The molecule has 2 heterocycles. The quantitative estimate of drug-likeness (QED) is 0.258. The average molecular weight is 590 g/mol. The van der Waals surface area contributed by atoms with Crippen molar-refractivity contribution >= 4 is 16.9 Å². The number of methoxy groups -OCH3 is 6. The SMILES string of the molecule is COc1cc(-c2nc3ccc(C(=O)NC[C@H]4CCCO4)cc3nc2-c2cc(OC)c(OC)c(OC)c2)cc(OC)c1OC. The first-order valence-electron chi connectivity index (χ1n) is 13.8. The summed E-state index contributed by atoms with van der Waals surface area (Å²) in [5.41, 5.74) is 3.97. The summed E-state index contributed by atoms with van der Waals surface area (Å²) in [5, 5.41) is 2.97. The molecular formula is C32H35N3O8. The van der Waals surface area contributed by atoms with Crippen LogP contribution in [0.1, 0.15) is 23.2 Å². The third kappa shape index (κ3) is 5.94. The lowest BCUT2D eigenvalue weighted by Gasteiger charge is -2.18. The summed E-state index contributed by atoms with van der Waals surface area (Å²) in [4.78, 5) is 23.1. The fourth-order valence-corrected chi connectivity index (χ4v) is 5.15. The number of ether oxygens (including phenoxy) is 7. The van der Waals surface area contributed by atoms with E-state index in [4.69, 9.17) is 43.1 Å². The van der Waals surface area contributed by atoms with Crippen molar-refractivity contribution in [1.29, 1.82) is 0 Å². The van der Waals surface area contributed by atoms with Gasteiger partial charge < -0.3 is 38.5 Å². The van der Waals surface area contributed by atoms with E-state index in [-0.39, 0.29) is 12.0 Å². The molecule has 0 unspecified atom stereocenters. The molecule has 11 nitrogen and oxygen atoms in total. The number of aromatic nitrogens is 2. The third-order valence-corrected chi connectivity index (χ3v) is 7.32. The van der Waals surface area contributed by atoms with Gasteiger partial charge in [0.15, 0.2) is 23.0 Å². The number of hydrogen-bond donors (Lipinski definition) is 1. The standard InChI is InChI=1S/C32H35N3O8/c1-37-24-13-19(14-25(38-2)30(24)41-5)28-29(20-15-26(39-3)31(42-6)27(16-20)40-4)35-23-12-18(9-10-22(23)34-28)32(36)33-17-21-8-7-11-43-21/h9-10,12-16,21H,7-8,11,17H2,1-6H3,(H,33,36)/t21-/m1/s1. The fraction of sp³-hybridized carbons (Fsp3) is 0.344. The maximum atomic E-state index is 13.0. The molecule has 1 N–H and O–H groups in total. The number of nitrogens with zero attached hydrogens (tertiary/aromatic N) is 2. The highest BCUT2D eigenvalue weighted by atomic mass is 16.5. The van der Waals surface area contributed by atoms with Gasteiger partial charge in [0.05, 0.1) is 71.2 Å². The minimum Gasteiger partial charge on any atom is -0.493 e. The van der Waals surface area contributed by atoms with Gasteiger partial charge >= 0.3 is 0 Å². The number of carbonyl (C=O) groups is 1. The summed E-state index contributed by atoms with van der Waals surface area (Å²) in [7, 11) is 9.30. The van der Waals surface area contributed by atoms with Crippen LogP contribution in [0.2, 0.25) is 0 Å². The molecule has 3 aromatic carbocycles. The van der Waals surface area contributed by atoms with Crippen LogP contribution in [0.5, 0.6) is 34.5 Å². The van der Waals surface area contributed by atoms with Crippen LogP contribution in [0.15, 0.2) is 42.5 Å². The van der Waals surface area contributed by atoms with Crippen LogP contribution in [-0.2, 0) is 4.74 Å². The van der Waals surface area contributed by atoms with Gasteiger partial charge in [0, 0.05) is 29.8 Å². The molecule has 0 radical (unpaired) electrons. The molecule has 11 heteroatoms. The summed E-state index contributed by atoms with van der Waals surface area (Å²) < 4.78 is 39.2. The molecule has 1 aromatic heterocycles. The van der Waals surface area contributed by atoms with Gasteiger partial charge in [-0.05, 0) is 55.3 Å². The fourth-order valence-electron chi connectivity index (χ4n) is 5.15. The van der Waals surface area contributed by atoms with Crippen LogP contribution in [0.4, 0.5) is 0 Å². The molecule has 1 aliphatic heterocycles. The van der Waals surface area contributed by atoms with E-state index in [9.17, 15) is 4.79 Å². The van der Waals surface area contributed by atoms with Crippen LogP contribution < -0.4 is 33.7 Å². The van der Waals surface area contributed by atoms with Crippen molar-refractivity contribution in [3.63, 3.8) is 0 Å². The highest BCUT2D eigenvalue weighted by molar-refractivity contribution is 5.98. The molecule has 0 aliphatic carbocycles. The molecule has 4 aromatic rings. The first kappa shape index (κ1) is 29.7. The Kier molecular flexibility index (Phi) is 9.01. The van der Waals surface area contributed by atoms with E-state index >= 15 is 0 Å². The number of fused-ring (bicyclic) bond motifs is 1. The van der Waals surface area contributed by atoms with Gasteiger partial charge in [-0.15, -0.1) is 0 Å². The number of carbonyl (C=O) groups excluding carboxylic acids is 1. The van der Waals surface area contributed by atoms with Crippen molar-refractivity contribution in [2.45, 2.75) is 18.9 Å². The van der Waals surface area contributed by atoms with E-state index in [1.165, 1.54) is 0 Å². The molecule has 1 fully saturated rings. The van der Waals surface area contributed by atoms with Crippen molar-refractivity contribution in [3.05, 3.63) is 48.0 Å². The van der Waals surface area contributed by atoms with Crippen LogP contribution >= 0.6 is 0 Å². The van der Waals surface area contributed by atoms with E-state index in [1.807, 2.05) is 12.1 Å². The van der Waals surface area contributed by atoms with Crippen LogP contribution in [0.25, 0.3) is 33.5 Å². The van der Waals surface area contributed by atoms with E-state index < -0.39 is 0 Å². The predicted molar refractivity (Wildman–Crippen MR) is 161 cm³/mol. The van der Waals surface area contributed by atoms with Gasteiger partial charge in [-0.3, -0.25) is 4.79 Å². The molecule has 1 amide bonds. The Bertz CT molecular complexity index is 1580. The van der Waals surface area contributed by atoms with Gasteiger partial charge in [-0.1, -0.05) is 0 Å². The first-order valence-corrected chi connectivity index (χ1v) is 13.8. The summed E-state index contributed by atoms with van der Waals surface area (Å²) in [6.07, 6.45) is 1.98. The highest BCUT2D eigenvalue weighted by Crippen LogP contribution is 2.45. The second-order valence-corrected chi connectivity index (χ2v) is 9.80. The van der Waals surface area contributed by atoms with E-state index in [1.54, 1.807) is 73.0 Å². The zero-order chi connectivity index (χ0) is 30.5. The van der Waals surface area contributed by atoms with Crippen molar-refractivity contribution < 1.29 is 38.0 Å². The number of rotatable bonds is 11. The smallest absolute Gasteiger partial charge is 0.251 e. The lowest BCUT2D eigenvalue weighted by molar-refractivity contribution is 0.0858.